The van der Waals surface area contributed by atoms with Gasteiger partial charge >= 0.3 is 0 Å². The van der Waals surface area contributed by atoms with Crippen LogP contribution >= 0.6 is 0 Å². The summed E-state index contributed by atoms with van der Waals surface area (Å²) in [6, 6.07) is 3.43. The van der Waals surface area contributed by atoms with Crippen molar-refractivity contribution in [3.05, 3.63) is 42.1 Å². The third-order valence-electron chi connectivity index (χ3n) is 4.35. The Balaban J connectivity index is 1.76. The second kappa shape index (κ2) is 6.81. The molecule has 3 heterocycles. The van der Waals surface area contributed by atoms with Gasteiger partial charge in [0.2, 0.25) is 5.88 Å². The first kappa shape index (κ1) is 15.5. The molecule has 0 aromatic carbocycles. The summed E-state index contributed by atoms with van der Waals surface area (Å²) in [7, 11) is 1.55. The fourth-order valence-electron chi connectivity index (χ4n) is 3.16. The summed E-state index contributed by atoms with van der Waals surface area (Å²) in [6.45, 7) is 4.51. The van der Waals surface area contributed by atoms with Crippen LogP contribution in [-0.2, 0) is 6.54 Å². The summed E-state index contributed by atoms with van der Waals surface area (Å²) >= 11 is 0. The van der Waals surface area contributed by atoms with Gasteiger partial charge in [0.05, 0.1) is 7.11 Å². The van der Waals surface area contributed by atoms with Crippen molar-refractivity contribution in [1.29, 1.82) is 0 Å². The number of imidazole rings is 1. The topological polar surface area (TPSA) is 60.2 Å². The van der Waals surface area contributed by atoms with E-state index in [1.165, 1.54) is 0 Å². The number of carbonyl (C=O) groups excluding carboxylic acids is 1. The number of rotatable bonds is 4. The van der Waals surface area contributed by atoms with E-state index in [9.17, 15) is 4.79 Å². The molecule has 0 saturated carbocycles. The molecule has 0 N–H and O–H groups in total. The highest BCUT2D eigenvalue weighted by molar-refractivity contribution is 5.94. The molecule has 1 saturated heterocycles. The Morgan fingerprint density at radius 2 is 2.26 bits per heavy atom. The smallest absolute Gasteiger partial charge is 0.254 e. The minimum absolute atomic E-state index is 0.0324. The molecular formula is C17H22N4O2. The highest BCUT2D eigenvalue weighted by Gasteiger charge is 2.28. The van der Waals surface area contributed by atoms with Crippen molar-refractivity contribution in [3.63, 3.8) is 0 Å². The van der Waals surface area contributed by atoms with Crippen molar-refractivity contribution >= 4 is 5.91 Å². The maximum Gasteiger partial charge on any atom is 0.254 e. The molecule has 6 heteroatoms. The summed E-state index contributed by atoms with van der Waals surface area (Å²) in [4.78, 5) is 23.2. The quantitative estimate of drug-likeness (QED) is 0.869. The molecule has 122 valence electrons. The Kier molecular flexibility index (Phi) is 4.60. The van der Waals surface area contributed by atoms with Gasteiger partial charge in [0.25, 0.3) is 5.91 Å². The molecule has 1 amide bonds. The number of methoxy groups -OCH3 is 1. The van der Waals surface area contributed by atoms with E-state index in [2.05, 4.69) is 21.5 Å². The second-order valence-electron chi connectivity index (χ2n) is 5.75. The lowest BCUT2D eigenvalue weighted by atomic mass is 9.96. The van der Waals surface area contributed by atoms with E-state index in [1.807, 2.05) is 17.3 Å². The number of piperidine rings is 1. The van der Waals surface area contributed by atoms with Crippen LogP contribution in [-0.4, -0.2) is 45.5 Å². The number of hydrogen-bond acceptors (Lipinski definition) is 4. The predicted molar refractivity (Wildman–Crippen MR) is 86.6 cm³/mol. The lowest BCUT2D eigenvalue weighted by Gasteiger charge is -2.32. The summed E-state index contributed by atoms with van der Waals surface area (Å²) < 4.78 is 7.27. The van der Waals surface area contributed by atoms with Crippen LogP contribution in [0, 0.1) is 0 Å². The van der Waals surface area contributed by atoms with Gasteiger partial charge in [0, 0.05) is 55.8 Å². The Morgan fingerprint density at radius 3 is 3.04 bits per heavy atom. The summed E-state index contributed by atoms with van der Waals surface area (Å²) in [5, 5.41) is 0. The average molecular weight is 314 g/mol. The van der Waals surface area contributed by atoms with Gasteiger partial charge in [-0.2, -0.15) is 0 Å². The number of likely N-dealkylation sites (tertiary alicyclic amines) is 1. The lowest BCUT2D eigenvalue weighted by Crippen LogP contribution is -2.39. The van der Waals surface area contributed by atoms with Crippen molar-refractivity contribution in [2.45, 2.75) is 32.2 Å². The van der Waals surface area contributed by atoms with E-state index >= 15 is 0 Å². The summed E-state index contributed by atoms with van der Waals surface area (Å²) in [5.41, 5.74) is 0.622. The molecule has 1 atom stereocenters. The molecule has 6 nitrogen and oxygen atoms in total. The Hall–Kier alpha value is -2.37. The van der Waals surface area contributed by atoms with Gasteiger partial charge in [0.1, 0.15) is 5.82 Å². The average Bonchev–Trinajstić information content (AvgIpc) is 3.10. The molecule has 1 aliphatic rings. The summed E-state index contributed by atoms with van der Waals surface area (Å²) in [6.07, 6.45) is 7.52. The van der Waals surface area contributed by atoms with Crippen molar-refractivity contribution in [2.24, 2.45) is 0 Å². The number of hydrogen-bond donors (Lipinski definition) is 0. The fraction of sp³-hybridized carbons (Fsp3) is 0.471. The highest BCUT2D eigenvalue weighted by Crippen LogP contribution is 2.27. The third kappa shape index (κ3) is 3.21. The first-order valence-corrected chi connectivity index (χ1v) is 8.03. The van der Waals surface area contributed by atoms with Crippen LogP contribution in [0.4, 0.5) is 0 Å². The zero-order valence-corrected chi connectivity index (χ0v) is 13.6. The molecule has 1 unspecified atom stereocenters. The number of nitrogens with zero attached hydrogens (tertiary/aromatic N) is 4. The Labute approximate surface area is 136 Å². The van der Waals surface area contributed by atoms with Crippen molar-refractivity contribution < 1.29 is 9.53 Å². The van der Waals surface area contributed by atoms with Crippen LogP contribution < -0.4 is 4.74 Å². The van der Waals surface area contributed by atoms with E-state index in [0.29, 0.717) is 23.9 Å². The van der Waals surface area contributed by atoms with Crippen LogP contribution in [0.3, 0.4) is 0 Å². The van der Waals surface area contributed by atoms with Crippen LogP contribution in [0.5, 0.6) is 5.88 Å². The van der Waals surface area contributed by atoms with E-state index in [-0.39, 0.29) is 5.91 Å². The number of aromatic nitrogens is 3. The normalized spacial score (nSPS) is 18.0. The molecule has 2 aromatic heterocycles. The van der Waals surface area contributed by atoms with Gasteiger partial charge in [-0.25, -0.2) is 9.97 Å². The van der Waals surface area contributed by atoms with Gasteiger partial charge in [-0.1, -0.05) is 0 Å². The van der Waals surface area contributed by atoms with Crippen molar-refractivity contribution in [1.82, 2.24) is 19.4 Å². The predicted octanol–water partition coefficient (Wildman–Crippen LogP) is 2.33. The molecule has 0 spiro atoms. The number of ether oxygens (including phenoxy) is 1. The van der Waals surface area contributed by atoms with Gasteiger partial charge in [-0.3, -0.25) is 4.79 Å². The largest absolute Gasteiger partial charge is 0.481 e. The van der Waals surface area contributed by atoms with Gasteiger partial charge in [-0.05, 0) is 25.8 Å². The maximum absolute atomic E-state index is 12.8. The molecule has 0 radical (unpaired) electrons. The molecular weight excluding hydrogens is 292 g/mol. The van der Waals surface area contributed by atoms with Gasteiger partial charge in [0.15, 0.2) is 0 Å². The molecule has 2 aromatic rings. The van der Waals surface area contributed by atoms with E-state index in [4.69, 9.17) is 4.74 Å². The Bertz CT molecular complexity index is 683. The molecule has 0 aliphatic carbocycles. The molecule has 1 aliphatic heterocycles. The van der Waals surface area contributed by atoms with Crippen LogP contribution in [0.25, 0.3) is 0 Å². The summed E-state index contributed by atoms with van der Waals surface area (Å²) in [5.74, 6) is 1.87. The van der Waals surface area contributed by atoms with Crippen molar-refractivity contribution in [3.8, 4) is 5.88 Å². The Morgan fingerprint density at radius 1 is 1.39 bits per heavy atom. The minimum Gasteiger partial charge on any atom is -0.481 e. The minimum atomic E-state index is 0.0324. The zero-order valence-electron chi connectivity index (χ0n) is 13.6. The van der Waals surface area contributed by atoms with Crippen molar-refractivity contribution in [2.75, 3.05) is 20.2 Å². The zero-order chi connectivity index (χ0) is 16.2. The molecule has 3 rings (SSSR count). The van der Waals surface area contributed by atoms with Gasteiger partial charge < -0.3 is 14.2 Å². The highest BCUT2D eigenvalue weighted by atomic mass is 16.5. The molecule has 1 fully saturated rings. The standard InChI is InChI=1S/C17H22N4O2/c1-3-20-10-8-19-16(20)14-5-4-9-21(12-14)17(22)13-6-7-18-15(11-13)23-2/h6-8,10-11,14H,3-5,9,12H2,1-2H3. The number of carbonyl (C=O) groups is 1. The first-order valence-electron chi connectivity index (χ1n) is 8.03. The third-order valence-corrected chi connectivity index (χ3v) is 4.35. The SMILES string of the molecule is CCn1ccnc1C1CCCN(C(=O)c2ccnc(OC)c2)C1. The molecule has 23 heavy (non-hydrogen) atoms. The fourth-order valence-corrected chi connectivity index (χ4v) is 3.16. The van der Waals surface area contributed by atoms with Crippen LogP contribution in [0.15, 0.2) is 30.7 Å². The van der Waals surface area contributed by atoms with E-state index in [0.717, 1.165) is 31.8 Å². The van der Waals surface area contributed by atoms with E-state index in [1.54, 1.807) is 25.4 Å². The first-order chi connectivity index (χ1) is 11.2. The number of amides is 1. The van der Waals surface area contributed by atoms with Gasteiger partial charge in [-0.15, -0.1) is 0 Å². The monoisotopic (exact) mass is 314 g/mol. The number of pyridine rings is 1. The molecule has 0 bridgehead atoms. The van der Waals surface area contributed by atoms with Crippen LogP contribution in [0.1, 0.15) is 41.9 Å². The van der Waals surface area contributed by atoms with Crippen LogP contribution in [0.2, 0.25) is 0 Å². The number of aryl methyl sites for hydroxylation is 1. The lowest BCUT2D eigenvalue weighted by molar-refractivity contribution is 0.0703. The second-order valence-corrected chi connectivity index (χ2v) is 5.75. The maximum atomic E-state index is 12.8. The van der Waals surface area contributed by atoms with E-state index < -0.39 is 0 Å².